The predicted molar refractivity (Wildman–Crippen MR) is 111 cm³/mol. The van der Waals surface area contributed by atoms with E-state index >= 15 is 0 Å². The van der Waals surface area contributed by atoms with Gasteiger partial charge in [0.25, 0.3) is 11.8 Å². The van der Waals surface area contributed by atoms with E-state index in [1.165, 1.54) is 10.5 Å². The van der Waals surface area contributed by atoms with E-state index in [0.29, 0.717) is 10.6 Å². The minimum atomic E-state index is -0.391. The van der Waals surface area contributed by atoms with Gasteiger partial charge in [-0.3, -0.25) is 19.4 Å². The number of hydrogen-bond donors (Lipinski definition) is 0. The monoisotopic (exact) mass is 414 g/mol. The fourth-order valence-corrected chi connectivity index (χ4v) is 4.30. The Bertz CT molecular complexity index is 917. The number of nitrogens with zero attached hydrogens (tertiary/aromatic N) is 2. The smallest absolute Gasteiger partial charge is 0.273 e. The van der Waals surface area contributed by atoms with E-state index in [9.17, 15) is 9.59 Å². The molecule has 2 heterocycles. The maximum atomic E-state index is 13.0. The van der Waals surface area contributed by atoms with Crippen molar-refractivity contribution in [2.24, 2.45) is 0 Å². The van der Waals surface area contributed by atoms with Crippen LogP contribution in [0.25, 0.3) is 5.57 Å². The molecule has 0 spiro atoms. The fraction of sp³-hybridized carbons (Fsp3) is 0.273. The van der Waals surface area contributed by atoms with Gasteiger partial charge in [0.05, 0.1) is 5.57 Å². The fourth-order valence-electron chi connectivity index (χ4n) is 3.89. The summed E-state index contributed by atoms with van der Waals surface area (Å²) in [5.74, 6) is -0.697. The summed E-state index contributed by atoms with van der Waals surface area (Å²) in [6, 6.07) is 17.0. The van der Waals surface area contributed by atoms with Crippen molar-refractivity contribution in [3.8, 4) is 0 Å². The Balaban J connectivity index is 1.44. The van der Waals surface area contributed by atoms with E-state index in [0.717, 1.165) is 32.5 Å². The van der Waals surface area contributed by atoms with Crippen LogP contribution in [0.5, 0.6) is 0 Å². The van der Waals surface area contributed by atoms with E-state index in [2.05, 4.69) is 17.0 Å². The molecule has 2 amide bonds. The van der Waals surface area contributed by atoms with Crippen LogP contribution < -0.4 is 0 Å². The summed E-state index contributed by atoms with van der Waals surface area (Å²) >= 11 is 12.2. The highest BCUT2D eigenvalue weighted by atomic mass is 35.5. The van der Waals surface area contributed by atoms with Crippen LogP contribution >= 0.6 is 23.2 Å². The molecule has 6 heteroatoms. The average molecular weight is 415 g/mol. The van der Waals surface area contributed by atoms with Crippen molar-refractivity contribution in [3.63, 3.8) is 0 Å². The lowest BCUT2D eigenvalue weighted by Crippen LogP contribution is -2.47. The lowest BCUT2D eigenvalue weighted by atomic mass is 10.0. The second kappa shape index (κ2) is 8.08. The number of amides is 2. The number of halogens is 2. The van der Waals surface area contributed by atoms with Crippen molar-refractivity contribution in [3.05, 3.63) is 75.8 Å². The molecule has 1 saturated heterocycles. The van der Waals surface area contributed by atoms with E-state index in [-0.39, 0.29) is 22.6 Å². The molecule has 0 aliphatic carbocycles. The highest BCUT2D eigenvalue weighted by Gasteiger charge is 2.42. The van der Waals surface area contributed by atoms with Crippen LogP contribution in [0, 0.1) is 0 Å². The van der Waals surface area contributed by atoms with Gasteiger partial charge in [0, 0.05) is 30.7 Å². The van der Waals surface area contributed by atoms with Crippen molar-refractivity contribution in [1.82, 2.24) is 9.80 Å². The molecule has 0 saturated carbocycles. The number of hydrogen-bond acceptors (Lipinski definition) is 3. The molecule has 1 fully saturated rings. The molecule has 0 atom stereocenters. The molecule has 0 bridgehead atoms. The van der Waals surface area contributed by atoms with Gasteiger partial charge in [0.1, 0.15) is 5.03 Å². The summed E-state index contributed by atoms with van der Waals surface area (Å²) in [7, 11) is 0. The molecule has 4 rings (SSSR count). The van der Waals surface area contributed by atoms with Gasteiger partial charge < -0.3 is 0 Å². The Morgan fingerprint density at radius 2 is 1.50 bits per heavy atom. The molecule has 2 aliphatic heterocycles. The van der Waals surface area contributed by atoms with E-state index in [4.69, 9.17) is 23.2 Å². The lowest BCUT2D eigenvalue weighted by molar-refractivity contribution is -0.140. The van der Waals surface area contributed by atoms with Gasteiger partial charge in [-0.1, -0.05) is 65.7 Å². The van der Waals surface area contributed by atoms with Crippen LogP contribution in [0.2, 0.25) is 5.02 Å². The van der Waals surface area contributed by atoms with Crippen molar-refractivity contribution >= 4 is 40.6 Å². The third-order valence-electron chi connectivity index (χ3n) is 5.36. The molecule has 0 radical (unpaired) electrons. The first-order valence-electron chi connectivity index (χ1n) is 9.34. The molecular weight excluding hydrogens is 395 g/mol. The Morgan fingerprint density at radius 1 is 0.857 bits per heavy atom. The first-order chi connectivity index (χ1) is 13.5. The first-order valence-corrected chi connectivity index (χ1v) is 10.1. The van der Waals surface area contributed by atoms with Crippen molar-refractivity contribution < 1.29 is 9.59 Å². The number of imide groups is 1. The molecule has 0 N–H and O–H groups in total. The first kappa shape index (κ1) is 19.2. The van der Waals surface area contributed by atoms with Gasteiger partial charge in [0.15, 0.2) is 0 Å². The van der Waals surface area contributed by atoms with Crippen LogP contribution in [0.4, 0.5) is 0 Å². The van der Waals surface area contributed by atoms with Crippen molar-refractivity contribution in [2.75, 3.05) is 13.1 Å². The summed E-state index contributed by atoms with van der Waals surface area (Å²) in [4.78, 5) is 29.4. The SMILES string of the molecule is O=C1C(Cl)=C(c2ccc(Cl)cc2)C(=O)N1C1CCN(Cc2ccccc2)CC1. The van der Waals surface area contributed by atoms with E-state index in [1.54, 1.807) is 24.3 Å². The van der Waals surface area contributed by atoms with Gasteiger partial charge >= 0.3 is 0 Å². The maximum absolute atomic E-state index is 13.0. The molecule has 2 aliphatic rings. The molecule has 28 heavy (non-hydrogen) atoms. The average Bonchev–Trinajstić information content (AvgIpc) is 2.93. The Labute approximate surface area is 174 Å². The molecule has 4 nitrogen and oxygen atoms in total. The van der Waals surface area contributed by atoms with Crippen LogP contribution in [-0.2, 0) is 16.1 Å². The van der Waals surface area contributed by atoms with Gasteiger partial charge in [-0.05, 0) is 36.1 Å². The maximum Gasteiger partial charge on any atom is 0.273 e. The largest absolute Gasteiger partial charge is 0.299 e. The molecule has 0 aromatic heterocycles. The minimum Gasteiger partial charge on any atom is -0.299 e. The number of benzene rings is 2. The quantitative estimate of drug-likeness (QED) is 0.699. The zero-order valence-electron chi connectivity index (χ0n) is 15.3. The molecular formula is C22H20Cl2N2O2. The summed E-state index contributed by atoms with van der Waals surface area (Å²) in [5, 5.41) is 0.568. The van der Waals surface area contributed by atoms with Gasteiger partial charge in [-0.25, -0.2) is 0 Å². The second-order valence-electron chi connectivity index (χ2n) is 7.17. The molecule has 0 unspecified atom stereocenters. The van der Waals surface area contributed by atoms with Crippen molar-refractivity contribution in [1.29, 1.82) is 0 Å². The Kier molecular flexibility index (Phi) is 5.54. The Morgan fingerprint density at radius 3 is 2.14 bits per heavy atom. The third-order valence-corrected chi connectivity index (χ3v) is 5.97. The zero-order valence-corrected chi connectivity index (χ0v) is 16.8. The van der Waals surface area contributed by atoms with E-state index < -0.39 is 5.91 Å². The summed E-state index contributed by atoms with van der Waals surface area (Å²) < 4.78 is 0. The van der Waals surface area contributed by atoms with Gasteiger partial charge in [0.2, 0.25) is 0 Å². The number of rotatable bonds is 4. The molecule has 2 aromatic carbocycles. The summed E-state index contributed by atoms with van der Waals surface area (Å²) in [5.41, 5.74) is 2.16. The minimum absolute atomic E-state index is 0.000891. The number of piperidine rings is 1. The number of carbonyl (C=O) groups is 2. The second-order valence-corrected chi connectivity index (χ2v) is 7.98. The standard InChI is InChI=1S/C22H20Cl2N2O2/c23-17-8-6-16(7-9-17)19-20(24)22(28)26(21(19)27)18-10-12-25(13-11-18)14-15-4-2-1-3-5-15/h1-9,18H,10-14H2. The summed E-state index contributed by atoms with van der Waals surface area (Å²) in [6.07, 6.45) is 1.50. The van der Waals surface area contributed by atoms with Crippen molar-refractivity contribution in [2.45, 2.75) is 25.4 Å². The van der Waals surface area contributed by atoms with Gasteiger partial charge in [-0.15, -0.1) is 0 Å². The number of likely N-dealkylation sites (tertiary alicyclic amines) is 1. The number of carbonyl (C=O) groups excluding carboxylic acids is 2. The predicted octanol–water partition coefficient (Wildman–Crippen LogP) is 4.32. The molecule has 2 aromatic rings. The Hall–Kier alpha value is -2.14. The van der Waals surface area contributed by atoms with Crippen LogP contribution in [0.1, 0.15) is 24.0 Å². The highest BCUT2D eigenvalue weighted by molar-refractivity contribution is 6.55. The van der Waals surface area contributed by atoms with Crippen LogP contribution in [-0.4, -0.2) is 40.7 Å². The van der Waals surface area contributed by atoms with Crippen LogP contribution in [0.15, 0.2) is 59.6 Å². The highest BCUT2D eigenvalue weighted by Crippen LogP contribution is 2.35. The zero-order chi connectivity index (χ0) is 19.7. The summed E-state index contributed by atoms with van der Waals surface area (Å²) in [6.45, 7) is 2.56. The van der Waals surface area contributed by atoms with Gasteiger partial charge in [-0.2, -0.15) is 0 Å². The van der Waals surface area contributed by atoms with Crippen LogP contribution in [0.3, 0.4) is 0 Å². The molecule has 144 valence electrons. The topological polar surface area (TPSA) is 40.6 Å². The third kappa shape index (κ3) is 3.72. The normalized spacial score (nSPS) is 19.0. The lowest BCUT2D eigenvalue weighted by Gasteiger charge is -2.35. The van der Waals surface area contributed by atoms with E-state index in [1.807, 2.05) is 18.2 Å².